The van der Waals surface area contributed by atoms with Gasteiger partial charge in [-0.1, -0.05) is 6.92 Å². The lowest BCUT2D eigenvalue weighted by Gasteiger charge is -2.32. The molecule has 1 aromatic rings. The maximum Gasteiger partial charge on any atom is 0.252 e. The molecule has 1 aliphatic heterocycles. The second-order valence-electron chi connectivity index (χ2n) is 8.09. The van der Waals surface area contributed by atoms with Gasteiger partial charge in [0.15, 0.2) is 0 Å². The number of benzene rings is 1. The zero-order valence-electron chi connectivity index (χ0n) is 16.5. The van der Waals surface area contributed by atoms with Crippen molar-refractivity contribution in [3.63, 3.8) is 0 Å². The topological polar surface area (TPSA) is 78.5 Å². The third kappa shape index (κ3) is 6.55. The van der Waals surface area contributed by atoms with E-state index in [1.54, 1.807) is 26.8 Å². The number of sulfonamides is 1. The first-order chi connectivity index (χ1) is 12.5. The molecule has 152 valence electrons. The van der Waals surface area contributed by atoms with Gasteiger partial charge >= 0.3 is 0 Å². The lowest BCUT2D eigenvalue weighted by molar-refractivity contribution is 0.0910. The lowest BCUT2D eigenvalue weighted by atomic mass is 10.0. The summed E-state index contributed by atoms with van der Waals surface area (Å²) in [5, 5.41) is 3.05. The first-order valence-electron chi connectivity index (χ1n) is 9.38. The summed E-state index contributed by atoms with van der Waals surface area (Å²) in [6.45, 7) is 10.5. The molecule has 0 saturated carbocycles. The third-order valence-corrected chi connectivity index (χ3v) is 6.84. The third-order valence-electron chi connectivity index (χ3n) is 4.40. The number of carbonyl (C=O) groups excluding carboxylic acids is 1. The monoisotopic (exact) mass is 459 g/mol. The molecule has 1 fully saturated rings. The molecule has 0 bridgehead atoms. The summed E-state index contributed by atoms with van der Waals surface area (Å²) in [5.74, 6) is -0.247. The van der Waals surface area contributed by atoms with Gasteiger partial charge in [-0.25, -0.2) is 13.1 Å². The molecule has 6 nitrogen and oxygen atoms in total. The number of nitrogens with one attached hydrogen (secondary N) is 2. The van der Waals surface area contributed by atoms with Crippen molar-refractivity contribution < 1.29 is 13.2 Å². The molecule has 1 saturated heterocycles. The van der Waals surface area contributed by atoms with E-state index >= 15 is 0 Å². The Morgan fingerprint density at radius 3 is 2.44 bits per heavy atom. The van der Waals surface area contributed by atoms with Gasteiger partial charge in [0.1, 0.15) is 0 Å². The average molecular weight is 460 g/mol. The van der Waals surface area contributed by atoms with Gasteiger partial charge in [-0.15, -0.1) is 0 Å². The Kier molecular flexibility index (Phi) is 7.47. The number of nitrogens with zero attached hydrogens (tertiary/aromatic N) is 1. The van der Waals surface area contributed by atoms with Gasteiger partial charge in [-0.2, -0.15) is 0 Å². The van der Waals surface area contributed by atoms with Crippen molar-refractivity contribution in [3.8, 4) is 0 Å². The van der Waals surface area contributed by atoms with Crippen molar-refractivity contribution in [3.05, 3.63) is 28.2 Å². The summed E-state index contributed by atoms with van der Waals surface area (Å²) >= 11 is 3.37. The molecule has 0 aliphatic carbocycles. The number of likely N-dealkylation sites (tertiary alicyclic amines) is 1. The predicted molar refractivity (Wildman–Crippen MR) is 111 cm³/mol. The van der Waals surface area contributed by atoms with E-state index in [0.717, 1.165) is 38.9 Å². The maximum absolute atomic E-state index is 12.7. The van der Waals surface area contributed by atoms with Crippen molar-refractivity contribution in [2.75, 3.05) is 19.6 Å². The van der Waals surface area contributed by atoms with Gasteiger partial charge in [0.25, 0.3) is 5.91 Å². The van der Waals surface area contributed by atoms with E-state index in [-0.39, 0.29) is 16.8 Å². The standard InChI is InChI=1S/C19H30BrN3O3S/c1-5-10-23-11-8-14(9-12-23)21-18(24)16-13-15(6-7-17(16)20)27(25,26)22-19(2,3)4/h6-7,13-14,22H,5,8-12H2,1-4H3,(H,21,24). The highest BCUT2D eigenvalue weighted by atomic mass is 79.9. The van der Waals surface area contributed by atoms with Crippen LogP contribution >= 0.6 is 15.9 Å². The zero-order valence-corrected chi connectivity index (χ0v) is 18.9. The van der Waals surface area contributed by atoms with Gasteiger partial charge in [-0.05, 0) is 80.7 Å². The van der Waals surface area contributed by atoms with E-state index in [1.807, 2.05) is 0 Å². The van der Waals surface area contributed by atoms with Gasteiger partial charge in [-0.3, -0.25) is 4.79 Å². The van der Waals surface area contributed by atoms with E-state index in [2.05, 4.69) is 37.8 Å². The number of hydrogen-bond acceptors (Lipinski definition) is 4. The summed E-state index contributed by atoms with van der Waals surface area (Å²) in [6.07, 6.45) is 2.95. The van der Waals surface area contributed by atoms with Crippen LogP contribution in [0.1, 0.15) is 57.3 Å². The van der Waals surface area contributed by atoms with E-state index in [0.29, 0.717) is 10.0 Å². The summed E-state index contributed by atoms with van der Waals surface area (Å²) in [6, 6.07) is 4.65. The molecule has 0 atom stereocenters. The molecule has 0 aromatic heterocycles. The number of carbonyl (C=O) groups is 1. The SMILES string of the molecule is CCCN1CCC(NC(=O)c2cc(S(=O)(=O)NC(C)(C)C)ccc2Br)CC1. The fourth-order valence-electron chi connectivity index (χ4n) is 3.19. The van der Waals surface area contributed by atoms with Crippen LogP contribution in [0.5, 0.6) is 0 Å². The maximum atomic E-state index is 12.7. The van der Waals surface area contributed by atoms with Crippen LogP contribution in [0.25, 0.3) is 0 Å². The molecule has 1 aromatic carbocycles. The summed E-state index contributed by atoms with van der Waals surface area (Å²) in [7, 11) is -3.69. The highest BCUT2D eigenvalue weighted by molar-refractivity contribution is 9.10. The normalized spacial score (nSPS) is 17.1. The molecule has 1 heterocycles. The van der Waals surface area contributed by atoms with Crippen molar-refractivity contribution in [2.45, 2.75) is 63.4 Å². The molecule has 2 rings (SSSR count). The van der Waals surface area contributed by atoms with Crippen LogP contribution in [-0.4, -0.2) is 50.4 Å². The second kappa shape index (κ2) is 9.03. The minimum atomic E-state index is -3.69. The molecule has 2 N–H and O–H groups in total. The lowest BCUT2D eigenvalue weighted by Crippen LogP contribution is -2.45. The van der Waals surface area contributed by atoms with Crippen molar-refractivity contribution in [1.29, 1.82) is 0 Å². The van der Waals surface area contributed by atoms with Gasteiger partial charge in [0, 0.05) is 29.1 Å². The molecular formula is C19H30BrN3O3S. The van der Waals surface area contributed by atoms with E-state index < -0.39 is 15.6 Å². The van der Waals surface area contributed by atoms with Crippen molar-refractivity contribution >= 4 is 31.9 Å². The van der Waals surface area contributed by atoms with Gasteiger partial charge in [0.05, 0.1) is 10.5 Å². The molecule has 1 aliphatic rings. The van der Waals surface area contributed by atoms with Crippen LogP contribution in [0.15, 0.2) is 27.6 Å². The largest absolute Gasteiger partial charge is 0.349 e. The van der Waals surface area contributed by atoms with Crippen LogP contribution in [-0.2, 0) is 10.0 Å². The van der Waals surface area contributed by atoms with Crippen molar-refractivity contribution in [2.24, 2.45) is 0 Å². The zero-order chi connectivity index (χ0) is 20.2. The molecule has 1 amide bonds. The first-order valence-corrected chi connectivity index (χ1v) is 11.7. The minimum absolute atomic E-state index is 0.0866. The summed E-state index contributed by atoms with van der Waals surface area (Å²) < 4.78 is 28.3. The minimum Gasteiger partial charge on any atom is -0.349 e. The number of hydrogen-bond donors (Lipinski definition) is 2. The molecule has 27 heavy (non-hydrogen) atoms. The van der Waals surface area contributed by atoms with Gasteiger partial charge < -0.3 is 10.2 Å². The van der Waals surface area contributed by atoms with Crippen LogP contribution in [0.4, 0.5) is 0 Å². The fraction of sp³-hybridized carbons (Fsp3) is 0.632. The number of amides is 1. The smallest absolute Gasteiger partial charge is 0.252 e. The predicted octanol–water partition coefficient (Wildman–Crippen LogP) is 3.13. The first kappa shape index (κ1) is 22.3. The van der Waals surface area contributed by atoms with Crippen molar-refractivity contribution in [1.82, 2.24) is 14.9 Å². The highest BCUT2D eigenvalue weighted by Gasteiger charge is 2.25. The summed E-state index contributed by atoms with van der Waals surface area (Å²) in [4.78, 5) is 15.2. The Labute approximate surface area is 171 Å². The van der Waals surface area contributed by atoms with E-state index in [4.69, 9.17) is 0 Å². The Bertz CT molecular complexity index is 767. The van der Waals surface area contributed by atoms with E-state index in [9.17, 15) is 13.2 Å². The average Bonchev–Trinajstić information content (AvgIpc) is 2.55. The Hall–Kier alpha value is -0.960. The quantitative estimate of drug-likeness (QED) is 0.684. The Balaban J connectivity index is 2.11. The molecule has 0 spiro atoms. The van der Waals surface area contributed by atoms with Crippen LogP contribution in [0, 0.1) is 0 Å². The fourth-order valence-corrected chi connectivity index (χ4v) is 5.06. The van der Waals surface area contributed by atoms with Crippen LogP contribution in [0.3, 0.4) is 0 Å². The second-order valence-corrected chi connectivity index (χ2v) is 10.6. The van der Waals surface area contributed by atoms with Crippen LogP contribution in [0.2, 0.25) is 0 Å². The highest BCUT2D eigenvalue weighted by Crippen LogP contribution is 2.23. The molecule has 0 radical (unpaired) electrons. The molecule has 8 heteroatoms. The summed E-state index contributed by atoms with van der Waals surface area (Å²) in [5.41, 5.74) is -0.261. The Morgan fingerprint density at radius 1 is 1.26 bits per heavy atom. The number of rotatable bonds is 6. The number of halogens is 1. The van der Waals surface area contributed by atoms with Gasteiger partial charge in [0.2, 0.25) is 10.0 Å². The number of piperidine rings is 1. The Morgan fingerprint density at radius 2 is 1.89 bits per heavy atom. The van der Waals surface area contributed by atoms with Crippen LogP contribution < -0.4 is 10.0 Å². The molecular weight excluding hydrogens is 430 g/mol. The van der Waals surface area contributed by atoms with E-state index in [1.165, 1.54) is 12.1 Å². The molecule has 0 unspecified atom stereocenters.